The molecule has 0 radical (unpaired) electrons. The van der Waals surface area contributed by atoms with Gasteiger partial charge >= 0.3 is 0 Å². The maximum Gasteiger partial charge on any atom is 0.130 e. The van der Waals surface area contributed by atoms with Gasteiger partial charge in [0.15, 0.2) is 0 Å². The van der Waals surface area contributed by atoms with Gasteiger partial charge in [-0.1, -0.05) is 41.9 Å². The Hall–Kier alpha value is -1.94. The Morgan fingerprint density at radius 3 is 2.44 bits per heavy atom. The number of hydrogen-bond donors (Lipinski definition) is 2. The Labute approximate surface area is 111 Å². The van der Waals surface area contributed by atoms with E-state index in [-0.39, 0.29) is 0 Å². The molecule has 1 heterocycles. The van der Waals surface area contributed by atoms with Crippen LogP contribution in [0.2, 0.25) is 0 Å². The molecule has 2 rings (SSSR count). The van der Waals surface area contributed by atoms with E-state index < -0.39 is 0 Å². The maximum absolute atomic E-state index is 6.24. The van der Waals surface area contributed by atoms with Gasteiger partial charge < -0.3 is 11.5 Å². The number of benzene rings is 1. The molecule has 0 atom stereocenters. The first kappa shape index (κ1) is 12.5. The molecule has 4 N–H and O–H groups in total. The van der Waals surface area contributed by atoms with E-state index in [1.807, 2.05) is 30.3 Å². The number of hydrogen-bond acceptors (Lipinski definition) is 3. The summed E-state index contributed by atoms with van der Waals surface area (Å²) in [5, 5.41) is 4.85. The summed E-state index contributed by atoms with van der Waals surface area (Å²) in [4.78, 5) is 0. The maximum atomic E-state index is 6.24. The molecule has 18 heavy (non-hydrogen) atoms. The fraction of sp³-hybridized carbons (Fsp3) is 0.154. The molecule has 0 aliphatic rings. The molecule has 2 aromatic rings. The fourth-order valence-corrected chi connectivity index (χ4v) is 1.93. The van der Waals surface area contributed by atoms with Gasteiger partial charge in [0.2, 0.25) is 0 Å². The lowest BCUT2D eigenvalue weighted by atomic mass is 10.1. The summed E-state index contributed by atoms with van der Waals surface area (Å²) in [7, 11) is 1.78. The quantitative estimate of drug-likeness (QED) is 0.874. The average molecular weight is 263 g/mol. The highest BCUT2D eigenvalue weighted by Crippen LogP contribution is 2.35. The van der Waals surface area contributed by atoms with Crippen LogP contribution in [0.4, 0.5) is 5.82 Å². The minimum Gasteiger partial charge on any atom is -0.401 e. The molecule has 0 saturated heterocycles. The molecule has 4 nitrogen and oxygen atoms in total. The van der Waals surface area contributed by atoms with E-state index in [1.54, 1.807) is 18.7 Å². The van der Waals surface area contributed by atoms with Crippen molar-refractivity contribution in [2.45, 2.75) is 6.92 Å². The summed E-state index contributed by atoms with van der Waals surface area (Å²) in [5.41, 5.74) is 14.7. The van der Waals surface area contributed by atoms with Crippen LogP contribution >= 0.6 is 11.6 Å². The zero-order valence-corrected chi connectivity index (χ0v) is 11.1. The summed E-state index contributed by atoms with van der Waals surface area (Å²) < 4.78 is 1.60. The van der Waals surface area contributed by atoms with E-state index in [4.69, 9.17) is 23.1 Å². The van der Waals surface area contributed by atoms with Gasteiger partial charge in [-0.25, -0.2) is 0 Å². The van der Waals surface area contributed by atoms with E-state index >= 15 is 0 Å². The number of nitrogen functional groups attached to an aromatic ring is 1. The third-order valence-electron chi connectivity index (χ3n) is 2.70. The molecule has 0 aliphatic carbocycles. The van der Waals surface area contributed by atoms with Crippen LogP contribution in [0.5, 0.6) is 0 Å². The van der Waals surface area contributed by atoms with Crippen LogP contribution in [-0.4, -0.2) is 9.78 Å². The fourth-order valence-electron chi connectivity index (χ4n) is 1.75. The van der Waals surface area contributed by atoms with Crippen molar-refractivity contribution < 1.29 is 0 Å². The second-order valence-corrected chi connectivity index (χ2v) is 4.47. The van der Waals surface area contributed by atoms with E-state index in [0.29, 0.717) is 22.1 Å². The lowest BCUT2D eigenvalue weighted by Gasteiger charge is -2.04. The van der Waals surface area contributed by atoms with Gasteiger partial charge in [0.05, 0.1) is 10.6 Å². The first-order chi connectivity index (χ1) is 8.52. The second-order valence-electron chi connectivity index (χ2n) is 4.10. The summed E-state index contributed by atoms with van der Waals surface area (Å²) in [6.07, 6.45) is 0. The van der Waals surface area contributed by atoms with Gasteiger partial charge in [0.25, 0.3) is 0 Å². The summed E-state index contributed by atoms with van der Waals surface area (Å²) in [5.74, 6) is 0.503. The van der Waals surface area contributed by atoms with Crippen LogP contribution in [0, 0.1) is 0 Å². The first-order valence-electron chi connectivity index (χ1n) is 5.52. The molecule has 0 amide bonds. The Kier molecular flexibility index (Phi) is 3.30. The van der Waals surface area contributed by atoms with E-state index in [1.165, 1.54) is 0 Å². The highest BCUT2D eigenvalue weighted by atomic mass is 35.5. The molecule has 94 valence electrons. The number of aromatic nitrogens is 2. The number of rotatable bonds is 2. The minimum atomic E-state index is 0.444. The van der Waals surface area contributed by atoms with Crippen molar-refractivity contribution in [2.75, 3.05) is 5.73 Å². The Morgan fingerprint density at radius 2 is 1.89 bits per heavy atom. The van der Waals surface area contributed by atoms with Crippen molar-refractivity contribution in [3.63, 3.8) is 0 Å². The standard InChI is InChI=1S/C13H15ClN4/c1-8(15)11(14)10-12(17-18(2)13(10)16)9-6-4-3-5-7-9/h3-7H,15-16H2,1-2H3/b11-8+. The summed E-state index contributed by atoms with van der Waals surface area (Å²) in [6, 6.07) is 9.75. The molecule has 0 saturated carbocycles. The third-order valence-corrected chi connectivity index (χ3v) is 3.19. The Balaban J connectivity index is 2.70. The highest BCUT2D eigenvalue weighted by Gasteiger charge is 2.18. The highest BCUT2D eigenvalue weighted by molar-refractivity contribution is 6.50. The smallest absolute Gasteiger partial charge is 0.130 e. The number of nitrogens with zero attached hydrogens (tertiary/aromatic N) is 2. The summed E-state index contributed by atoms with van der Waals surface area (Å²) in [6.45, 7) is 1.74. The second kappa shape index (κ2) is 4.74. The Bertz CT molecular complexity index is 595. The van der Waals surface area contributed by atoms with Gasteiger partial charge in [0, 0.05) is 18.3 Å². The molecule has 0 unspecified atom stereocenters. The normalized spacial score (nSPS) is 12.4. The molecular formula is C13H15ClN4. The molecular weight excluding hydrogens is 248 g/mol. The molecule has 0 fully saturated rings. The van der Waals surface area contributed by atoms with Crippen molar-refractivity contribution in [3.8, 4) is 11.3 Å². The van der Waals surface area contributed by atoms with Crippen molar-refractivity contribution in [1.82, 2.24) is 9.78 Å². The predicted molar refractivity (Wildman–Crippen MR) is 75.7 cm³/mol. The van der Waals surface area contributed by atoms with E-state index in [2.05, 4.69) is 5.10 Å². The van der Waals surface area contributed by atoms with Gasteiger partial charge in [0.1, 0.15) is 11.5 Å². The molecule has 1 aromatic carbocycles. The van der Waals surface area contributed by atoms with Crippen LogP contribution < -0.4 is 11.5 Å². The van der Waals surface area contributed by atoms with Crippen LogP contribution in [0.3, 0.4) is 0 Å². The topological polar surface area (TPSA) is 69.9 Å². The monoisotopic (exact) mass is 262 g/mol. The number of halogens is 1. The predicted octanol–water partition coefficient (Wildman–Crippen LogP) is 2.56. The molecule has 5 heteroatoms. The summed E-state index contributed by atoms with van der Waals surface area (Å²) >= 11 is 6.24. The van der Waals surface area contributed by atoms with Crippen molar-refractivity contribution in [2.24, 2.45) is 12.8 Å². The molecule has 0 aliphatic heterocycles. The lowest BCUT2D eigenvalue weighted by Crippen LogP contribution is -2.00. The Morgan fingerprint density at radius 1 is 1.28 bits per heavy atom. The number of nitrogens with two attached hydrogens (primary N) is 2. The van der Waals surface area contributed by atoms with Crippen LogP contribution in [-0.2, 0) is 7.05 Å². The lowest BCUT2D eigenvalue weighted by molar-refractivity contribution is 0.782. The van der Waals surface area contributed by atoms with E-state index in [0.717, 1.165) is 11.3 Å². The first-order valence-corrected chi connectivity index (χ1v) is 5.90. The van der Waals surface area contributed by atoms with Gasteiger partial charge in [-0.2, -0.15) is 5.10 Å². The zero-order chi connectivity index (χ0) is 13.3. The van der Waals surface area contributed by atoms with Crippen molar-refractivity contribution >= 4 is 22.5 Å². The number of anilines is 1. The zero-order valence-electron chi connectivity index (χ0n) is 10.3. The third kappa shape index (κ3) is 2.07. The minimum absolute atomic E-state index is 0.444. The number of aryl methyl sites for hydroxylation is 1. The van der Waals surface area contributed by atoms with Crippen LogP contribution in [0.1, 0.15) is 12.5 Å². The van der Waals surface area contributed by atoms with Crippen molar-refractivity contribution in [3.05, 3.63) is 41.6 Å². The van der Waals surface area contributed by atoms with Crippen LogP contribution in [0.15, 0.2) is 36.0 Å². The van der Waals surface area contributed by atoms with Crippen molar-refractivity contribution in [1.29, 1.82) is 0 Å². The van der Waals surface area contributed by atoms with Crippen LogP contribution in [0.25, 0.3) is 16.3 Å². The van der Waals surface area contributed by atoms with Gasteiger partial charge in [-0.15, -0.1) is 0 Å². The number of allylic oxidation sites excluding steroid dienone is 1. The van der Waals surface area contributed by atoms with Gasteiger partial charge in [-0.05, 0) is 6.92 Å². The SMILES string of the molecule is C/C(N)=C(\Cl)c1c(-c2ccccc2)nn(C)c1N. The van der Waals surface area contributed by atoms with E-state index in [9.17, 15) is 0 Å². The molecule has 1 aromatic heterocycles. The largest absolute Gasteiger partial charge is 0.401 e. The van der Waals surface area contributed by atoms with Gasteiger partial charge in [-0.3, -0.25) is 4.68 Å². The average Bonchev–Trinajstić information content (AvgIpc) is 2.66. The molecule has 0 bridgehead atoms. The molecule has 0 spiro atoms.